The van der Waals surface area contributed by atoms with E-state index in [4.69, 9.17) is 4.98 Å². The summed E-state index contributed by atoms with van der Waals surface area (Å²) in [6.45, 7) is 0. The van der Waals surface area contributed by atoms with Crippen molar-refractivity contribution >= 4 is 20.9 Å². The van der Waals surface area contributed by atoms with Crippen LogP contribution in [0.1, 0.15) is 0 Å². The maximum Gasteiger partial charge on any atom is 0.175 e. The topological polar surface area (TPSA) is 64.8 Å². The summed E-state index contributed by atoms with van der Waals surface area (Å²) in [5.41, 5.74) is 5.80. The zero-order valence-corrected chi connectivity index (χ0v) is 17.6. The third-order valence-electron chi connectivity index (χ3n) is 5.23. The molecule has 0 aliphatic carbocycles. The van der Waals surface area contributed by atoms with E-state index in [9.17, 15) is 8.42 Å². The monoisotopic (exact) mass is 425 g/mol. The zero-order chi connectivity index (χ0) is 21.4. The van der Waals surface area contributed by atoms with E-state index in [2.05, 4.69) is 45.9 Å². The van der Waals surface area contributed by atoms with Crippen molar-refractivity contribution in [2.45, 2.75) is 4.90 Å². The molecule has 0 aliphatic heterocycles. The van der Waals surface area contributed by atoms with Crippen molar-refractivity contribution in [3.63, 3.8) is 0 Å². The Morgan fingerprint density at radius 3 is 2.06 bits per heavy atom. The second-order valence-electron chi connectivity index (χ2n) is 7.34. The van der Waals surface area contributed by atoms with E-state index < -0.39 is 9.84 Å². The molecule has 0 saturated carbocycles. The number of pyridine rings is 1. The highest BCUT2D eigenvalue weighted by Crippen LogP contribution is 2.30. The molecule has 31 heavy (non-hydrogen) atoms. The van der Waals surface area contributed by atoms with Gasteiger partial charge in [0, 0.05) is 23.7 Å². The van der Waals surface area contributed by atoms with Crippen LogP contribution in [0.4, 0.5) is 0 Å². The molecule has 0 aliphatic rings. The molecule has 6 heteroatoms. The van der Waals surface area contributed by atoms with E-state index in [0.29, 0.717) is 0 Å². The number of aromatic nitrogens is 3. The van der Waals surface area contributed by atoms with Crippen molar-refractivity contribution in [3.05, 3.63) is 97.3 Å². The highest BCUT2D eigenvalue weighted by atomic mass is 32.2. The number of sulfone groups is 1. The fraction of sp³-hybridized carbons (Fsp3) is 0.0400. The van der Waals surface area contributed by atoms with E-state index in [1.165, 1.54) is 6.26 Å². The summed E-state index contributed by atoms with van der Waals surface area (Å²) >= 11 is 0. The Morgan fingerprint density at radius 2 is 1.39 bits per heavy atom. The molecule has 0 radical (unpaired) electrons. The molecule has 3 aromatic carbocycles. The maximum absolute atomic E-state index is 11.8. The molecule has 5 aromatic rings. The van der Waals surface area contributed by atoms with Crippen LogP contribution in [0.25, 0.3) is 39.2 Å². The lowest BCUT2D eigenvalue weighted by Gasteiger charge is -2.11. The lowest BCUT2D eigenvalue weighted by molar-refractivity contribution is 0.602. The molecule has 0 saturated heterocycles. The van der Waals surface area contributed by atoms with Gasteiger partial charge in [-0.25, -0.2) is 13.4 Å². The summed E-state index contributed by atoms with van der Waals surface area (Å²) in [6, 6.07) is 27.3. The molecular formula is C25H19N3O2S. The van der Waals surface area contributed by atoms with Gasteiger partial charge in [-0.05, 0) is 53.6 Å². The van der Waals surface area contributed by atoms with Gasteiger partial charge in [0.25, 0.3) is 0 Å². The highest BCUT2D eigenvalue weighted by molar-refractivity contribution is 7.90. The molecule has 0 atom stereocenters. The number of hydrogen-bond donors (Lipinski definition) is 0. The van der Waals surface area contributed by atoms with Gasteiger partial charge in [0.15, 0.2) is 9.84 Å². The molecule has 0 N–H and O–H groups in total. The normalized spacial score (nSPS) is 11.6. The molecule has 0 bridgehead atoms. The first-order valence-corrected chi connectivity index (χ1v) is 11.7. The lowest BCUT2D eigenvalue weighted by Crippen LogP contribution is -1.99. The van der Waals surface area contributed by atoms with Crippen molar-refractivity contribution in [2.24, 2.45) is 0 Å². The van der Waals surface area contributed by atoms with Gasteiger partial charge in [0.05, 0.1) is 16.6 Å². The first kappa shape index (κ1) is 19.2. The van der Waals surface area contributed by atoms with E-state index >= 15 is 0 Å². The average molecular weight is 426 g/mol. The Morgan fingerprint density at radius 1 is 0.742 bits per heavy atom. The van der Waals surface area contributed by atoms with Gasteiger partial charge in [0.2, 0.25) is 0 Å². The van der Waals surface area contributed by atoms with Crippen LogP contribution in [0.2, 0.25) is 0 Å². The largest absolute Gasteiger partial charge is 0.292 e. The van der Waals surface area contributed by atoms with Crippen LogP contribution in [0.3, 0.4) is 0 Å². The predicted molar refractivity (Wildman–Crippen MR) is 123 cm³/mol. The molecule has 152 valence electrons. The Balaban J connectivity index is 1.65. The minimum atomic E-state index is -3.26. The smallest absolute Gasteiger partial charge is 0.175 e. The number of rotatable bonds is 4. The summed E-state index contributed by atoms with van der Waals surface area (Å²) in [4.78, 5) is 9.27. The van der Waals surface area contributed by atoms with Crippen LogP contribution in [0.5, 0.6) is 0 Å². The number of imidazole rings is 1. The Bertz CT molecular complexity index is 1470. The minimum absolute atomic E-state index is 0.285. The molecule has 5 nitrogen and oxygen atoms in total. The van der Waals surface area contributed by atoms with Crippen molar-refractivity contribution in [1.29, 1.82) is 0 Å². The van der Waals surface area contributed by atoms with E-state index in [1.807, 2.05) is 24.3 Å². The summed E-state index contributed by atoms with van der Waals surface area (Å²) in [5, 5.41) is 0. The van der Waals surface area contributed by atoms with E-state index in [0.717, 1.165) is 39.2 Å². The van der Waals surface area contributed by atoms with Crippen LogP contribution in [0.15, 0.2) is 102 Å². The second kappa shape index (κ2) is 7.49. The maximum atomic E-state index is 11.8. The number of fused-ring (bicyclic) bond motifs is 1. The number of benzene rings is 3. The van der Waals surface area contributed by atoms with Gasteiger partial charge >= 0.3 is 0 Å². The van der Waals surface area contributed by atoms with Gasteiger partial charge in [-0.15, -0.1) is 0 Å². The van der Waals surface area contributed by atoms with Gasteiger partial charge in [0.1, 0.15) is 11.3 Å². The van der Waals surface area contributed by atoms with Gasteiger partial charge in [-0.1, -0.05) is 42.5 Å². The Hall–Kier alpha value is -3.77. The van der Waals surface area contributed by atoms with Gasteiger partial charge in [-0.2, -0.15) is 0 Å². The molecule has 0 amide bonds. The van der Waals surface area contributed by atoms with Gasteiger partial charge < -0.3 is 0 Å². The van der Waals surface area contributed by atoms with Crippen molar-refractivity contribution < 1.29 is 8.42 Å². The van der Waals surface area contributed by atoms with E-state index in [-0.39, 0.29) is 4.90 Å². The van der Waals surface area contributed by atoms with Crippen molar-refractivity contribution in [1.82, 2.24) is 14.5 Å². The summed E-state index contributed by atoms with van der Waals surface area (Å²) < 4.78 is 25.7. The second-order valence-corrected chi connectivity index (χ2v) is 9.36. The molecule has 0 spiro atoms. The molecule has 2 heterocycles. The van der Waals surface area contributed by atoms with Crippen LogP contribution in [-0.2, 0) is 9.84 Å². The van der Waals surface area contributed by atoms with Crippen LogP contribution in [-0.4, -0.2) is 29.2 Å². The number of nitrogens with zero attached hydrogens (tertiary/aromatic N) is 3. The molecule has 2 aromatic heterocycles. The quantitative estimate of drug-likeness (QED) is 0.399. The standard InChI is InChI=1S/C25H19N3O2S/c1-31(29,30)22-13-9-20(10-14-22)25-27-23-17-26-16-15-24(23)28(25)21-11-7-19(8-12-21)18-5-3-2-4-6-18/h2-17H,1H3. The van der Waals surface area contributed by atoms with Crippen LogP contribution >= 0.6 is 0 Å². The molecule has 5 rings (SSSR count). The third kappa shape index (κ3) is 3.62. The fourth-order valence-electron chi connectivity index (χ4n) is 3.67. The fourth-order valence-corrected chi connectivity index (χ4v) is 4.30. The van der Waals surface area contributed by atoms with Gasteiger partial charge in [-0.3, -0.25) is 9.55 Å². The Labute approximate surface area is 180 Å². The van der Waals surface area contributed by atoms with Crippen LogP contribution < -0.4 is 0 Å². The Kier molecular flexibility index (Phi) is 4.64. The zero-order valence-electron chi connectivity index (χ0n) is 16.8. The summed E-state index contributed by atoms with van der Waals surface area (Å²) in [6.07, 6.45) is 4.69. The summed E-state index contributed by atoms with van der Waals surface area (Å²) in [7, 11) is -3.26. The summed E-state index contributed by atoms with van der Waals surface area (Å²) in [5.74, 6) is 0.732. The number of hydrogen-bond acceptors (Lipinski definition) is 4. The molecule has 0 fully saturated rings. The highest BCUT2D eigenvalue weighted by Gasteiger charge is 2.15. The lowest BCUT2D eigenvalue weighted by atomic mass is 10.1. The first-order chi connectivity index (χ1) is 15.0. The first-order valence-electron chi connectivity index (χ1n) is 9.79. The van der Waals surface area contributed by atoms with Crippen molar-refractivity contribution in [3.8, 4) is 28.2 Å². The molecule has 0 unspecified atom stereocenters. The third-order valence-corrected chi connectivity index (χ3v) is 6.36. The van der Waals surface area contributed by atoms with Crippen LogP contribution in [0, 0.1) is 0 Å². The SMILES string of the molecule is CS(=O)(=O)c1ccc(-c2nc3cnccc3n2-c2ccc(-c3ccccc3)cc2)cc1. The molecular weight excluding hydrogens is 406 g/mol. The van der Waals surface area contributed by atoms with E-state index in [1.54, 1.807) is 36.7 Å². The average Bonchev–Trinajstić information content (AvgIpc) is 3.19. The van der Waals surface area contributed by atoms with Crippen molar-refractivity contribution in [2.75, 3.05) is 6.26 Å². The predicted octanol–water partition coefficient (Wildman–Crippen LogP) is 5.16. The minimum Gasteiger partial charge on any atom is -0.292 e.